The van der Waals surface area contributed by atoms with Crippen molar-refractivity contribution in [2.45, 2.75) is 0 Å². The summed E-state index contributed by atoms with van der Waals surface area (Å²) in [5.41, 5.74) is 1.72. The molecule has 1 aromatic heterocycles. The fourth-order valence-corrected chi connectivity index (χ4v) is 1.94. The lowest BCUT2D eigenvalue weighted by Gasteiger charge is -1.95. The lowest BCUT2D eigenvalue weighted by molar-refractivity contribution is 0.112. The Hall–Kier alpha value is -1.19. The number of benzene rings is 1. The maximum absolute atomic E-state index is 10.4. The van der Waals surface area contributed by atoms with E-state index in [4.69, 9.17) is 11.6 Å². The number of carbonyl (C=O) groups excluding carboxylic acids is 1. The Bertz CT molecular complexity index is 467. The van der Waals surface area contributed by atoms with Crippen molar-refractivity contribution in [3.63, 3.8) is 0 Å². The van der Waals surface area contributed by atoms with Crippen LogP contribution in [0.15, 0.2) is 29.6 Å². The third-order valence-electron chi connectivity index (χ3n) is 1.74. The van der Waals surface area contributed by atoms with Gasteiger partial charge in [0.15, 0.2) is 11.3 Å². The number of aromatic nitrogens is 1. The number of hydrogen-bond acceptors (Lipinski definition) is 3. The molecule has 0 N–H and O–H groups in total. The molecule has 2 nitrogen and oxygen atoms in total. The standard InChI is InChI=1S/C10H6ClNOS/c11-8-3-1-2-7(4-8)9-6-14-10(5-13)12-9/h1-6H. The van der Waals surface area contributed by atoms with Gasteiger partial charge in [0.1, 0.15) is 0 Å². The fourth-order valence-electron chi connectivity index (χ4n) is 1.12. The predicted molar refractivity (Wildman–Crippen MR) is 57.9 cm³/mol. The molecule has 0 bridgehead atoms. The third-order valence-corrected chi connectivity index (χ3v) is 2.75. The molecule has 0 aliphatic heterocycles. The van der Waals surface area contributed by atoms with Gasteiger partial charge >= 0.3 is 0 Å². The molecule has 1 aromatic carbocycles. The first-order valence-electron chi connectivity index (χ1n) is 3.96. The van der Waals surface area contributed by atoms with Crippen LogP contribution < -0.4 is 0 Å². The zero-order chi connectivity index (χ0) is 9.97. The summed E-state index contributed by atoms with van der Waals surface area (Å²) in [5, 5.41) is 3.00. The molecule has 0 unspecified atom stereocenters. The van der Waals surface area contributed by atoms with Crippen LogP contribution in [0.5, 0.6) is 0 Å². The summed E-state index contributed by atoms with van der Waals surface area (Å²) in [6.45, 7) is 0. The third kappa shape index (κ3) is 1.84. The van der Waals surface area contributed by atoms with Crippen LogP contribution >= 0.6 is 22.9 Å². The van der Waals surface area contributed by atoms with Crippen LogP contribution in [-0.2, 0) is 0 Å². The summed E-state index contributed by atoms with van der Waals surface area (Å²) in [6.07, 6.45) is 0.749. The molecular weight excluding hydrogens is 218 g/mol. The molecule has 14 heavy (non-hydrogen) atoms. The monoisotopic (exact) mass is 223 g/mol. The topological polar surface area (TPSA) is 30.0 Å². The van der Waals surface area contributed by atoms with Crippen molar-refractivity contribution in [1.82, 2.24) is 4.98 Å². The molecule has 70 valence electrons. The molecule has 0 saturated carbocycles. The average Bonchev–Trinajstić information content (AvgIpc) is 2.66. The Morgan fingerprint density at radius 3 is 2.93 bits per heavy atom. The highest BCUT2D eigenvalue weighted by molar-refractivity contribution is 7.11. The lowest BCUT2D eigenvalue weighted by Crippen LogP contribution is -1.79. The molecule has 0 aliphatic rings. The van der Waals surface area contributed by atoms with Crippen LogP contribution in [0.3, 0.4) is 0 Å². The maximum atomic E-state index is 10.4. The van der Waals surface area contributed by atoms with Gasteiger partial charge in [0.05, 0.1) is 5.69 Å². The van der Waals surface area contributed by atoms with Gasteiger partial charge in [-0.15, -0.1) is 11.3 Å². The first-order chi connectivity index (χ1) is 6.79. The number of halogens is 1. The number of hydrogen-bond donors (Lipinski definition) is 0. The van der Waals surface area contributed by atoms with E-state index in [1.54, 1.807) is 6.07 Å². The Morgan fingerprint density at radius 1 is 1.43 bits per heavy atom. The Morgan fingerprint density at radius 2 is 2.29 bits per heavy atom. The predicted octanol–water partition coefficient (Wildman–Crippen LogP) is 3.28. The van der Waals surface area contributed by atoms with Crippen LogP contribution in [0, 0.1) is 0 Å². The molecule has 0 aliphatic carbocycles. The van der Waals surface area contributed by atoms with Crippen molar-refractivity contribution in [3.05, 3.63) is 39.7 Å². The molecule has 2 rings (SSSR count). The zero-order valence-electron chi connectivity index (χ0n) is 7.11. The maximum Gasteiger partial charge on any atom is 0.178 e. The van der Waals surface area contributed by atoms with Gasteiger partial charge in [0.25, 0.3) is 0 Å². The Balaban J connectivity index is 2.43. The molecule has 2 aromatic rings. The molecule has 0 amide bonds. The van der Waals surface area contributed by atoms with Crippen LogP contribution in [0.1, 0.15) is 9.80 Å². The van der Waals surface area contributed by atoms with Crippen molar-refractivity contribution >= 4 is 29.2 Å². The van der Waals surface area contributed by atoms with E-state index in [1.165, 1.54) is 11.3 Å². The molecule has 0 spiro atoms. The van der Waals surface area contributed by atoms with E-state index in [9.17, 15) is 4.79 Å². The first kappa shape index (κ1) is 9.37. The molecule has 1 heterocycles. The van der Waals surface area contributed by atoms with Crippen LogP contribution in [-0.4, -0.2) is 11.3 Å². The summed E-state index contributed by atoms with van der Waals surface area (Å²) >= 11 is 7.17. The zero-order valence-corrected chi connectivity index (χ0v) is 8.68. The number of rotatable bonds is 2. The van der Waals surface area contributed by atoms with Gasteiger partial charge < -0.3 is 0 Å². The molecule has 0 atom stereocenters. The number of carbonyl (C=O) groups is 1. The summed E-state index contributed by atoms with van der Waals surface area (Å²) in [4.78, 5) is 14.6. The van der Waals surface area contributed by atoms with Gasteiger partial charge in [-0.1, -0.05) is 23.7 Å². The number of nitrogens with zero attached hydrogens (tertiary/aromatic N) is 1. The lowest BCUT2D eigenvalue weighted by atomic mass is 10.2. The van der Waals surface area contributed by atoms with Crippen LogP contribution in [0.2, 0.25) is 5.02 Å². The smallest absolute Gasteiger partial charge is 0.178 e. The quantitative estimate of drug-likeness (QED) is 0.732. The molecular formula is C10H6ClNOS. The largest absolute Gasteiger partial charge is 0.295 e. The highest BCUT2D eigenvalue weighted by Gasteiger charge is 2.03. The molecule has 0 radical (unpaired) electrons. The highest BCUT2D eigenvalue weighted by atomic mass is 35.5. The van der Waals surface area contributed by atoms with E-state index < -0.39 is 0 Å². The van der Waals surface area contributed by atoms with Crippen molar-refractivity contribution in [2.24, 2.45) is 0 Å². The van der Waals surface area contributed by atoms with Gasteiger partial charge in [-0.25, -0.2) is 4.98 Å². The van der Waals surface area contributed by atoms with Gasteiger partial charge in [-0.3, -0.25) is 4.79 Å². The Kier molecular flexibility index (Phi) is 2.61. The molecule has 0 saturated heterocycles. The van der Waals surface area contributed by atoms with Gasteiger partial charge in [-0.2, -0.15) is 0 Å². The minimum atomic E-state index is 0.486. The summed E-state index contributed by atoms with van der Waals surface area (Å²) in [6, 6.07) is 7.40. The van der Waals surface area contributed by atoms with Crippen LogP contribution in [0.4, 0.5) is 0 Å². The second kappa shape index (κ2) is 3.90. The fraction of sp³-hybridized carbons (Fsp3) is 0. The van der Waals surface area contributed by atoms with Crippen molar-refractivity contribution in [2.75, 3.05) is 0 Å². The SMILES string of the molecule is O=Cc1nc(-c2cccc(Cl)c2)cs1. The van der Waals surface area contributed by atoms with Gasteiger partial charge in [0, 0.05) is 16.0 Å². The van der Waals surface area contributed by atoms with E-state index in [-0.39, 0.29) is 0 Å². The van der Waals surface area contributed by atoms with Gasteiger partial charge in [0.2, 0.25) is 0 Å². The average molecular weight is 224 g/mol. The number of aldehydes is 1. The van der Waals surface area contributed by atoms with E-state index in [0.29, 0.717) is 10.0 Å². The van der Waals surface area contributed by atoms with Crippen molar-refractivity contribution in [1.29, 1.82) is 0 Å². The van der Waals surface area contributed by atoms with Gasteiger partial charge in [-0.05, 0) is 12.1 Å². The molecule has 4 heteroatoms. The second-order valence-corrected chi connectivity index (χ2v) is 4.03. The van der Waals surface area contributed by atoms with Crippen LogP contribution in [0.25, 0.3) is 11.3 Å². The van der Waals surface area contributed by atoms with Crippen molar-refractivity contribution < 1.29 is 4.79 Å². The van der Waals surface area contributed by atoms with E-state index in [1.807, 2.05) is 23.6 Å². The van der Waals surface area contributed by atoms with E-state index in [2.05, 4.69) is 4.98 Å². The Labute approximate surface area is 90.2 Å². The number of thiazole rings is 1. The summed E-state index contributed by atoms with van der Waals surface area (Å²) in [5.74, 6) is 0. The first-order valence-corrected chi connectivity index (χ1v) is 5.22. The minimum absolute atomic E-state index is 0.486. The summed E-state index contributed by atoms with van der Waals surface area (Å²) < 4.78 is 0. The van der Waals surface area contributed by atoms with Crippen molar-refractivity contribution in [3.8, 4) is 11.3 Å². The van der Waals surface area contributed by atoms with E-state index >= 15 is 0 Å². The second-order valence-electron chi connectivity index (χ2n) is 2.70. The normalized spacial score (nSPS) is 10.1. The highest BCUT2D eigenvalue weighted by Crippen LogP contribution is 2.23. The molecule has 0 fully saturated rings. The minimum Gasteiger partial charge on any atom is -0.295 e. The van der Waals surface area contributed by atoms with E-state index in [0.717, 1.165) is 17.5 Å². The summed E-state index contributed by atoms with van der Waals surface area (Å²) in [7, 11) is 0.